The first-order valence-electron chi connectivity index (χ1n) is 6.33. The summed E-state index contributed by atoms with van der Waals surface area (Å²) in [5.41, 5.74) is 2.46. The molecule has 6 heteroatoms. The first-order valence-corrected chi connectivity index (χ1v) is 7.12. The summed E-state index contributed by atoms with van der Waals surface area (Å²) in [5.74, 6) is 0.752. The van der Waals surface area contributed by atoms with E-state index in [-0.39, 0.29) is 6.04 Å². The van der Waals surface area contributed by atoms with Crippen LogP contribution in [0.1, 0.15) is 29.9 Å². The van der Waals surface area contributed by atoms with Crippen LogP contribution in [0, 0.1) is 6.92 Å². The average Bonchev–Trinajstić information content (AvgIpc) is 2.78. The zero-order valence-electron chi connectivity index (χ0n) is 11.4. The summed E-state index contributed by atoms with van der Waals surface area (Å²) in [4.78, 5) is 1.49. The van der Waals surface area contributed by atoms with Crippen molar-refractivity contribution in [2.75, 3.05) is 6.54 Å². The maximum Gasteiger partial charge on any atom is 0.176 e. The second-order valence-corrected chi connectivity index (χ2v) is 5.28. The highest BCUT2D eigenvalue weighted by atomic mass is 79.9. The highest BCUT2D eigenvalue weighted by molar-refractivity contribution is 9.10. The number of likely N-dealkylation sites (N-methyl/N-ethyl adjacent to an activating group) is 1. The zero-order chi connectivity index (χ0) is 13.8. The molecule has 0 spiro atoms. The first kappa shape index (κ1) is 14.1. The Balaban J connectivity index is 2.26. The normalized spacial score (nSPS) is 12.6. The number of aryl methyl sites for hydroxylation is 2. The van der Waals surface area contributed by atoms with Crippen molar-refractivity contribution in [3.8, 4) is 0 Å². The lowest BCUT2D eigenvalue weighted by Gasteiger charge is -2.19. The molecule has 0 aliphatic heterocycles. The van der Waals surface area contributed by atoms with Crippen molar-refractivity contribution in [2.45, 2.75) is 26.3 Å². The molecule has 0 radical (unpaired) electrons. The van der Waals surface area contributed by atoms with Crippen LogP contribution in [0.2, 0.25) is 0 Å². The molecule has 0 bridgehead atoms. The van der Waals surface area contributed by atoms with Gasteiger partial charge in [-0.05, 0) is 29.8 Å². The highest BCUT2D eigenvalue weighted by Gasteiger charge is 2.17. The zero-order valence-corrected chi connectivity index (χ0v) is 13.0. The van der Waals surface area contributed by atoms with Crippen molar-refractivity contribution in [2.24, 2.45) is 7.05 Å². The number of aromatic nitrogens is 4. The van der Waals surface area contributed by atoms with E-state index in [1.807, 2.05) is 0 Å². The Hall–Kier alpha value is -1.27. The van der Waals surface area contributed by atoms with Crippen molar-refractivity contribution in [3.05, 3.63) is 39.6 Å². The maximum absolute atomic E-state index is 4.25. The fourth-order valence-corrected chi connectivity index (χ4v) is 2.61. The van der Waals surface area contributed by atoms with E-state index in [0.717, 1.165) is 23.3 Å². The predicted octanol–water partition coefficient (Wildman–Crippen LogP) is 2.17. The number of halogens is 1. The molecule has 0 saturated carbocycles. The highest BCUT2D eigenvalue weighted by Crippen LogP contribution is 2.28. The van der Waals surface area contributed by atoms with Gasteiger partial charge in [-0.1, -0.05) is 41.1 Å². The quantitative estimate of drug-likeness (QED) is 0.916. The van der Waals surface area contributed by atoms with Crippen LogP contribution < -0.4 is 5.32 Å². The van der Waals surface area contributed by atoms with E-state index in [0.29, 0.717) is 0 Å². The monoisotopic (exact) mass is 323 g/mol. The standard InChI is InChI=1S/C13H18BrN5/c1-4-15-11(8-12-16-18-19(3)17-12)10-7-5-6-9(2)13(10)14/h5-7,11,15H,4,8H2,1-3H3. The van der Waals surface area contributed by atoms with Crippen molar-refractivity contribution < 1.29 is 0 Å². The van der Waals surface area contributed by atoms with Crippen LogP contribution in [0.25, 0.3) is 0 Å². The molecule has 102 valence electrons. The third kappa shape index (κ3) is 3.39. The Bertz CT molecular complexity index is 552. The van der Waals surface area contributed by atoms with E-state index in [1.54, 1.807) is 7.05 Å². The molecule has 1 heterocycles. The van der Waals surface area contributed by atoms with Gasteiger partial charge in [-0.25, -0.2) is 0 Å². The number of benzene rings is 1. The van der Waals surface area contributed by atoms with Gasteiger partial charge in [0.25, 0.3) is 0 Å². The van der Waals surface area contributed by atoms with E-state index in [4.69, 9.17) is 0 Å². The first-order chi connectivity index (χ1) is 9.11. The summed E-state index contributed by atoms with van der Waals surface area (Å²) in [6.45, 7) is 5.09. The van der Waals surface area contributed by atoms with Crippen molar-refractivity contribution in [1.29, 1.82) is 0 Å². The summed E-state index contributed by atoms with van der Waals surface area (Å²) < 4.78 is 1.14. The fourth-order valence-electron chi connectivity index (χ4n) is 2.07. The third-order valence-corrected chi connectivity index (χ3v) is 4.07. The smallest absolute Gasteiger partial charge is 0.176 e. The Morgan fingerprint density at radius 2 is 2.21 bits per heavy atom. The molecular formula is C13H18BrN5. The minimum Gasteiger partial charge on any atom is -0.310 e. The molecule has 2 rings (SSSR count). The van der Waals surface area contributed by atoms with Crippen LogP contribution in [0.5, 0.6) is 0 Å². The molecule has 1 atom stereocenters. The molecule has 0 saturated heterocycles. The molecule has 1 aromatic carbocycles. The van der Waals surface area contributed by atoms with Gasteiger partial charge in [0, 0.05) is 16.9 Å². The largest absolute Gasteiger partial charge is 0.310 e. The van der Waals surface area contributed by atoms with Crippen molar-refractivity contribution >= 4 is 15.9 Å². The Morgan fingerprint density at radius 3 is 2.84 bits per heavy atom. The molecular weight excluding hydrogens is 306 g/mol. The van der Waals surface area contributed by atoms with Crippen molar-refractivity contribution in [3.63, 3.8) is 0 Å². The number of tetrazole rings is 1. The van der Waals surface area contributed by atoms with Crippen LogP contribution in [0.3, 0.4) is 0 Å². The Kier molecular flexibility index (Phi) is 4.66. The number of rotatable bonds is 5. The number of nitrogens with one attached hydrogen (secondary N) is 1. The van der Waals surface area contributed by atoms with Crippen molar-refractivity contribution in [1.82, 2.24) is 25.5 Å². The molecule has 2 aromatic rings. The molecule has 19 heavy (non-hydrogen) atoms. The fraction of sp³-hybridized carbons (Fsp3) is 0.462. The van der Waals surface area contributed by atoms with E-state index >= 15 is 0 Å². The van der Waals surface area contributed by atoms with Gasteiger partial charge < -0.3 is 5.32 Å². The van der Waals surface area contributed by atoms with E-state index in [2.05, 4.69) is 68.7 Å². The van der Waals surface area contributed by atoms with Gasteiger partial charge in [0.2, 0.25) is 0 Å². The predicted molar refractivity (Wildman–Crippen MR) is 77.8 cm³/mol. The summed E-state index contributed by atoms with van der Waals surface area (Å²) in [6.07, 6.45) is 0.726. The molecule has 1 aromatic heterocycles. The second kappa shape index (κ2) is 6.25. The van der Waals surface area contributed by atoms with Crippen LogP contribution in [0.15, 0.2) is 22.7 Å². The van der Waals surface area contributed by atoms with Gasteiger partial charge in [0.1, 0.15) is 0 Å². The number of hydrogen-bond donors (Lipinski definition) is 1. The molecule has 1 unspecified atom stereocenters. The maximum atomic E-state index is 4.25. The van der Waals surface area contributed by atoms with Gasteiger partial charge in [-0.2, -0.15) is 4.80 Å². The Labute approximate surface area is 121 Å². The van der Waals surface area contributed by atoms with Crippen LogP contribution in [-0.2, 0) is 13.5 Å². The minimum absolute atomic E-state index is 0.184. The summed E-state index contributed by atoms with van der Waals surface area (Å²) in [6, 6.07) is 6.48. The lowest BCUT2D eigenvalue weighted by molar-refractivity contribution is 0.532. The van der Waals surface area contributed by atoms with Crippen LogP contribution >= 0.6 is 15.9 Å². The number of nitrogens with zero attached hydrogens (tertiary/aromatic N) is 4. The van der Waals surface area contributed by atoms with Gasteiger partial charge in [-0.3, -0.25) is 0 Å². The third-order valence-electron chi connectivity index (χ3n) is 2.98. The second-order valence-electron chi connectivity index (χ2n) is 4.49. The van der Waals surface area contributed by atoms with Gasteiger partial charge in [-0.15, -0.1) is 10.2 Å². The summed E-state index contributed by atoms with van der Waals surface area (Å²) in [5, 5.41) is 15.7. The Morgan fingerprint density at radius 1 is 1.42 bits per heavy atom. The molecule has 0 aliphatic rings. The van der Waals surface area contributed by atoms with Gasteiger partial charge >= 0.3 is 0 Å². The van der Waals surface area contributed by atoms with E-state index < -0.39 is 0 Å². The van der Waals surface area contributed by atoms with E-state index in [1.165, 1.54) is 15.9 Å². The number of hydrogen-bond acceptors (Lipinski definition) is 4. The molecule has 0 aliphatic carbocycles. The molecule has 5 nitrogen and oxygen atoms in total. The molecule has 0 fully saturated rings. The SMILES string of the molecule is CCNC(Cc1nnn(C)n1)c1cccc(C)c1Br. The molecule has 1 N–H and O–H groups in total. The topological polar surface area (TPSA) is 55.6 Å². The van der Waals surface area contributed by atoms with Gasteiger partial charge in [0.15, 0.2) is 5.82 Å². The lowest BCUT2D eigenvalue weighted by Crippen LogP contribution is -2.24. The lowest BCUT2D eigenvalue weighted by atomic mass is 10.0. The average molecular weight is 324 g/mol. The minimum atomic E-state index is 0.184. The van der Waals surface area contributed by atoms with E-state index in [9.17, 15) is 0 Å². The summed E-state index contributed by atoms with van der Waals surface area (Å²) in [7, 11) is 1.78. The van der Waals surface area contributed by atoms with Crippen LogP contribution in [0.4, 0.5) is 0 Å². The van der Waals surface area contributed by atoms with Gasteiger partial charge in [0.05, 0.1) is 7.05 Å². The van der Waals surface area contributed by atoms with Crippen LogP contribution in [-0.4, -0.2) is 26.8 Å². The molecule has 0 amide bonds. The summed E-state index contributed by atoms with van der Waals surface area (Å²) >= 11 is 3.67.